The fourth-order valence-corrected chi connectivity index (χ4v) is 2.64. The van der Waals surface area contributed by atoms with Crippen molar-refractivity contribution in [2.75, 3.05) is 31.5 Å². The molecule has 1 aromatic carbocycles. The van der Waals surface area contributed by atoms with Crippen LogP contribution in [0.5, 0.6) is 0 Å². The summed E-state index contributed by atoms with van der Waals surface area (Å²) in [5.41, 5.74) is 1.04. The first kappa shape index (κ1) is 14.3. The Morgan fingerprint density at radius 3 is 2.58 bits per heavy atom. The van der Waals surface area contributed by atoms with Gasteiger partial charge < -0.3 is 15.5 Å². The Bertz CT molecular complexity index is 386. The number of para-hydroxylation sites is 1. The van der Waals surface area contributed by atoms with Gasteiger partial charge in [0, 0.05) is 12.2 Å². The number of thiocarbonyl (C=S) groups is 1. The predicted octanol–water partition coefficient (Wildman–Crippen LogP) is 2.70. The van der Waals surface area contributed by atoms with Crippen molar-refractivity contribution in [2.24, 2.45) is 5.92 Å². The summed E-state index contributed by atoms with van der Waals surface area (Å²) in [6.45, 7) is 6.84. The number of rotatable bonds is 4. The molecule has 0 saturated carbocycles. The standard InChI is InChI=1S/C15H23N3S/c1-2-18-10-8-13(9-11-18)12-16-15(19)17-14-6-4-3-5-7-14/h3-7,13H,2,8-12H2,1H3,(H2,16,17,19). The van der Waals surface area contributed by atoms with E-state index in [9.17, 15) is 0 Å². The van der Waals surface area contributed by atoms with Gasteiger partial charge in [-0.1, -0.05) is 25.1 Å². The van der Waals surface area contributed by atoms with Crippen LogP contribution in [0.15, 0.2) is 30.3 Å². The lowest BCUT2D eigenvalue weighted by Crippen LogP contribution is -2.39. The van der Waals surface area contributed by atoms with E-state index in [1.807, 2.05) is 30.3 Å². The molecule has 0 aromatic heterocycles. The third-order valence-corrected chi connectivity index (χ3v) is 3.98. The number of piperidine rings is 1. The number of nitrogens with one attached hydrogen (secondary N) is 2. The molecule has 2 N–H and O–H groups in total. The molecular weight excluding hydrogens is 254 g/mol. The van der Waals surface area contributed by atoms with E-state index in [0.29, 0.717) is 0 Å². The molecule has 1 saturated heterocycles. The molecule has 1 aliphatic rings. The summed E-state index contributed by atoms with van der Waals surface area (Å²) in [5.74, 6) is 0.748. The third-order valence-electron chi connectivity index (χ3n) is 3.74. The van der Waals surface area contributed by atoms with Gasteiger partial charge in [-0.3, -0.25) is 0 Å². The lowest BCUT2D eigenvalue weighted by Gasteiger charge is -2.31. The Morgan fingerprint density at radius 1 is 1.26 bits per heavy atom. The van der Waals surface area contributed by atoms with Gasteiger partial charge in [0.2, 0.25) is 0 Å². The molecule has 2 rings (SSSR count). The molecular formula is C15H23N3S. The maximum absolute atomic E-state index is 5.32. The van der Waals surface area contributed by atoms with Gasteiger partial charge in [0.25, 0.3) is 0 Å². The summed E-state index contributed by atoms with van der Waals surface area (Å²) in [7, 11) is 0. The van der Waals surface area contributed by atoms with Gasteiger partial charge in [-0.25, -0.2) is 0 Å². The average Bonchev–Trinajstić information content (AvgIpc) is 2.47. The normalized spacial score (nSPS) is 17.1. The molecule has 1 fully saturated rings. The van der Waals surface area contributed by atoms with E-state index in [-0.39, 0.29) is 0 Å². The van der Waals surface area contributed by atoms with Crippen LogP contribution in [-0.2, 0) is 0 Å². The zero-order valence-corrected chi connectivity index (χ0v) is 12.4. The van der Waals surface area contributed by atoms with Gasteiger partial charge >= 0.3 is 0 Å². The van der Waals surface area contributed by atoms with E-state index in [4.69, 9.17) is 12.2 Å². The Hall–Kier alpha value is -1.13. The zero-order valence-electron chi connectivity index (χ0n) is 11.6. The Kier molecular flexibility index (Phi) is 5.61. The smallest absolute Gasteiger partial charge is 0.170 e. The van der Waals surface area contributed by atoms with Crippen molar-refractivity contribution < 1.29 is 0 Å². The maximum Gasteiger partial charge on any atom is 0.170 e. The second-order valence-electron chi connectivity index (χ2n) is 5.08. The summed E-state index contributed by atoms with van der Waals surface area (Å²) < 4.78 is 0. The summed E-state index contributed by atoms with van der Waals surface area (Å²) in [5, 5.41) is 7.27. The molecule has 0 bridgehead atoms. The molecule has 1 aromatic rings. The van der Waals surface area contributed by atoms with E-state index in [0.717, 1.165) is 23.3 Å². The average molecular weight is 277 g/mol. The van der Waals surface area contributed by atoms with Gasteiger partial charge in [0.15, 0.2) is 5.11 Å². The van der Waals surface area contributed by atoms with Crippen molar-refractivity contribution in [3.63, 3.8) is 0 Å². The number of hydrogen-bond acceptors (Lipinski definition) is 2. The van der Waals surface area contributed by atoms with Gasteiger partial charge in [-0.2, -0.15) is 0 Å². The second-order valence-corrected chi connectivity index (χ2v) is 5.49. The minimum Gasteiger partial charge on any atom is -0.362 e. The molecule has 1 heterocycles. The van der Waals surface area contributed by atoms with Crippen LogP contribution in [0.2, 0.25) is 0 Å². The third kappa shape index (κ3) is 4.80. The Labute approximate surface area is 121 Å². The first-order chi connectivity index (χ1) is 9.28. The number of anilines is 1. The maximum atomic E-state index is 5.32. The van der Waals surface area contributed by atoms with Gasteiger partial charge in [-0.05, 0) is 62.7 Å². The zero-order chi connectivity index (χ0) is 13.5. The van der Waals surface area contributed by atoms with E-state index >= 15 is 0 Å². The summed E-state index contributed by atoms with van der Waals surface area (Å²) in [4.78, 5) is 2.51. The van der Waals surface area contributed by atoms with Crippen molar-refractivity contribution in [3.05, 3.63) is 30.3 Å². The minimum atomic E-state index is 0.726. The highest BCUT2D eigenvalue weighted by Gasteiger charge is 2.17. The van der Waals surface area contributed by atoms with Crippen molar-refractivity contribution in [1.82, 2.24) is 10.2 Å². The van der Waals surface area contributed by atoms with Crippen LogP contribution in [0.25, 0.3) is 0 Å². The number of likely N-dealkylation sites (tertiary alicyclic amines) is 1. The summed E-state index contributed by atoms with van der Waals surface area (Å²) >= 11 is 5.32. The number of benzene rings is 1. The molecule has 3 nitrogen and oxygen atoms in total. The Balaban J connectivity index is 1.67. The molecule has 0 aliphatic carbocycles. The number of nitrogens with zero attached hydrogens (tertiary/aromatic N) is 1. The highest BCUT2D eigenvalue weighted by atomic mass is 32.1. The first-order valence-electron chi connectivity index (χ1n) is 7.10. The predicted molar refractivity (Wildman–Crippen MR) is 85.5 cm³/mol. The van der Waals surface area contributed by atoms with Crippen LogP contribution in [0, 0.1) is 5.92 Å². The fraction of sp³-hybridized carbons (Fsp3) is 0.533. The summed E-state index contributed by atoms with van der Waals surface area (Å²) in [6, 6.07) is 10.1. The molecule has 0 amide bonds. The van der Waals surface area contributed by atoms with Crippen molar-refractivity contribution in [1.29, 1.82) is 0 Å². The molecule has 4 heteroatoms. The molecule has 1 aliphatic heterocycles. The molecule has 0 unspecified atom stereocenters. The topological polar surface area (TPSA) is 27.3 Å². The SMILES string of the molecule is CCN1CCC(CNC(=S)Nc2ccccc2)CC1. The van der Waals surface area contributed by atoms with E-state index in [1.54, 1.807) is 0 Å². The quantitative estimate of drug-likeness (QED) is 0.828. The molecule has 19 heavy (non-hydrogen) atoms. The molecule has 0 spiro atoms. The van der Waals surface area contributed by atoms with Crippen LogP contribution in [0.3, 0.4) is 0 Å². The van der Waals surface area contributed by atoms with Crippen LogP contribution < -0.4 is 10.6 Å². The van der Waals surface area contributed by atoms with Crippen LogP contribution in [-0.4, -0.2) is 36.2 Å². The lowest BCUT2D eigenvalue weighted by atomic mass is 9.97. The van der Waals surface area contributed by atoms with Crippen molar-refractivity contribution in [3.8, 4) is 0 Å². The second kappa shape index (κ2) is 7.46. The summed E-state index contributed by atoms with van der Waals surface area (Å²) in [6.07, 6.45) is 2.55. The van der Waals surface area contributed by atoms with Gasteiger partial charge in [-0.15, -0.1) is 0 Å². The van der Waals surface area contributed by atoms with Gasteiger partial charge in [0.05, 0.1) is 0 Å². The highest BCUT2D eigenvalue weighted by molar-refractivity contribution is 7.80. The van der Waals surface area contributed by atoms with Crippen LogP contribution >= 0.6 is 12.2 Å². The van der Waals surface area contributed by atoms with Crippen LogP contribution in [0.4, 0.5) is 5.69 Å². The monoisotopic (exact) mass is 277 g/mol. The fourth-order valence-electron chi connectivity index (χ4n) is 2.44. The largest absolute Gasteiger partial charge is 0.362 e. The number of hydrogen-bond donors (Lipinski definition) is 2. The lowest BCUT2D eigenvalue weighted by molar-refractivity contribution is 0.193. The van der Waals surface area contributed by atoms with Crippen molar-refractivity contribution in [2.45, 2.75) is 19.8 Å². The van der Waals surface area contributed by atoms with E-state index in [1.165, 1.54) is 32.5 Å². The molecule has 0 atom stereocenters. The Morgan fingerprint density at radius 2 is 1.95 bits per heavy atom. The first-order valence-corrected chi connectivity index (χ1v) is 7.51. The van der Waals surface area contributed by atoms with E-state index < -0.39 is 0 Å². The molecule has 0 radical (unpaired) electrons. The van der Waals surface area contributed by atoms with Gasteiger partial charge in [0.1, 0.15) is 0 Å². The molecule has 104 valence electrons. The highest BCUT2D eigenvalue weighted by Crippen LogP contribution is 2.15. The van der Waals surface area contributed by atoms with Crippen molar-refractivity contribution >= 4 is 23.0 Å². The van der Waals surface area contributed by atoms with E-state index in [2.05, 4.69) is 22.5 Å². The minimum absolute atomic E-state index is 0.726. The van der Waals surface area contributed by atoms with Crippen LogP contribution in [0.1, 0.15) is 19.8 Å².